The summed E-state index contributed by atoms with van der Waals surface area (Å²) in [6.45, 7) is 18.1. The van der Waals surface area contributed by atoms with E-state index in [1.807, 2.05) is 153 Å². The minimum Gasteiger partial charge on any atom is -0.261 e. The molecule has 0 amide bonds. The van der Waals surface area contributed by atoms with Gasteiger partial charge in [-0.25, -0.2) is 0 Å². The predicted molar refractivity (Wildman–Crippen MR) is 240 cm³/mol. The Hall–Kier alpha value is -6.00. The van der Waals surface area contributed by atoms with E-state index in [0.717, 1.165) is 28.4 Å². The molecule has 0 unspecified atom stereocenters. The van der Waals surface area contributed by atoms with E-state index in [0.29, 0.717) is 0 Å². The Morgan fingerprint density at radius 2 is 0.796 bits per heavy atom. The average Bonchev–Trinajstić information content (AvgIpc) is 3.77. The lowest BCUT2D eigenvalue weighted by Crippen LogP contribution is -1.77. The van der Waals surface area contributed by atoms with Crippen LogP contribution in [0.1, 0.15) is 66.5 Å². The molecule has 0 saturated heterocycles. The van der Waals surface area contributed by atoms with Crippen LogP contribution < -0.4 is 0 Å². The first-order chi connectivity index (χ1) is 26.8. The molecule has 0 bridgehead atoms. The van der Waals surface area contributed by atoms with Gasteiger partial charge in [0.05, 0.1) is 23.6 Å². The normalized spacial score (nSPS) is 9.43. The van der Waals surface area contributed by atoms with Crippen molar-refractivity contribution in [2.45, 2.75) is 68.7 Å². The molecule has 4 heteroatoms. The van der Waals surface area contributed by atoms with Gasteiger partial charge in [-0.2, -0.15) is 10.2 Å². The van der Waals surface area contributed by atoms with Crippen molar-refractivity contribution in [3.05, 3.63) is 194 Å². The van der Waals surface area contributed by atoms with Crippen molar-refractivity contribution in [3.63, 3.8) is 0 Å². The molecule has 0 saturated carbocycles. The summed E-state index contributed by atoms with van der Waals surface area (Å²) < 4.78 is 0. The van der Waals surface area contributed by atoms with Crippen molar-refractivity contribution >= 4 is 44.3 Å². The van der Waals surface area contributed by atoms with E-state index in [4.69, 9.17) is 0 Å². The summed E-state index contributed by atoms with van der Waals surface area (Å²) in [5.74, 6) is 0. The number of nitrogens with zero attached hydrogens (tertiary/aromatic N) is 4. The third kappa shape index (κ3) is 17.5. The molecule has 2 aromatic heterocycles. The third-order valence-electron chi connectivity index (χ3n) is 7.10. The molecule has 9 rings (SSSR count). The molecule has 8 aromatic rings. The second-order valence-electron chi connectivity index (χ2n) is 10.5. The zero-order chi connectivity index (χ0) is 39.7. The summed E-state index contributed by atoms with van der Waals surface area (Å²) in [7, 11) is 0. The first kappa shape index (κ1) is 46.0. The molecular formula is C50H60N4. The molecule has 0 N–H and O–H groups in total. The van der Waals surface area contributed by atoms with Crippen LogP contribution in [0.25, 0.3) is 32.4 Å². The van der Waals surface area contributed by atoms with Gasteiger partial charge in [-0.15, -0.1) is 0 Å². The fourth-order valence-corrected chi connectivity index (χ4v) is 4.67. The molecule has 54 heavy (non-hydrogen) atoms. The van der Waals surface area contributed by atoms with Gasteiger partial charge >= 0.3 is 0 Å². The number of hydrogen-bond acceptors (Lipinski definition) is 4. The summed E-state index contributed by atoms with van der Waals surface area (Å²) in [5, 5.41) is 13.6. The second kappa shape index (κ2) is 30.6. The Labute approximate surface area is 325 Å². The van der Waals surface area contributed by atoms with Crippen molar-refractivity contribution in [2.75, 3.05) is 0 Å². The number of hydrogen-bond donors (Lipinski definition) is 0. The maximum Gasteiger partial charge on any atom is 0.0701 e. The predicted octanol–water partition coefficient (Wildman–Crippen LogP) is 14.7. The monoisotopic (exact) mass is 716 g/mol. The number of aromatic nitrogens is 3. The zero-order valence-electron chi connectivity index (χ0n) is 33.9. The second-order valence-corrected chi connectivity index (χ2v) is 10.5. The van der Waals surface area contributed by atoms with Gasteiger partial charge in [-0.1, -0.05) is 207 Å². The minimum atomic E-state index is 1.01. The fraction of sp³-hybridized carbons (Fsp3) is 0.200. The lowest BCUT2D eigenvalue weighted by atomic mass is 10.1. The summed E-state index contributed by atoms with van der Waals surface area (Å²) in [6, 6.07) is 55.3. The maximum absolute atomic E-state index is 4.18. The molecule has 0 spiro atoms. The van der Waals surface area contributed by atoms with Gasteiger partial charge < -0.3 is 0 Å². The smallest absolute Gasteiger partial charge is 0.0701 e. The average molecular weight is 717 g/mol. The standard InChI is InChI=1S/C10H8.C9H7N.C8H6N2.C8H7N.C7H8.4C2H6/c1-2-6-10-8-4-3-7-9(10)5-1;1-2-6-9-8(4-1)5-3-7-10-9;1-2-4-8-6-10-9-5-7(8)3-1;1-2-4-8-7(3-1)5-6-9-8;1-7-5-3-2-4-6-7;4*1-2/h1-8H;1-7H;1-6H;1-4,6H,5H2;2-6H,1H3;4*1-2H3. The van der Waals surface area contributed by atoms with Crippen molar-refractivity contribution in [1.29, 1.82) is 0 Å². The van der Waals surface area contributed by atoms with E-state index in [9.17, 15) is 0 Å². The number of fused-ring (bicyclic) bond motifs is 4. The van der Waals surface area contributed by atoms with E-state index in [1.165, 1.54) is 27.3 Å². The van der Waals surface area contributed by atoms with Gasteiger partial charge in [0.15, 0.2) is 0 Å². The van der Waals surface area contributed by atoms with Crippen molar-refractivity contribution in [1.82, 2.24) is 15.2 Å². The molecule has 1 aliphatic rings. The summed E-state index contributed by atoms with van der Waals surface area (Å²) >= 11 is 0. The molecule has 0 radical (unpaired) electrons. The lowest BCUT2D eigenvalue weighted by Gasteiger charge is -1.92. The van der Waals surface area contributed by atoms with Crippen LogP contribution in [0.4, 0.5) is 5.69 Å². The zero-order valence-corrected chi connectivity index (χ0v) is 33.9. The van der Waals surface area contributed by atoms with E-state index in [1.54, 1.807) is 12.4 Å². The highest BCUT2D eigenvalue weighted by atomic mass is 15.1. The number of rotatable bonds is 0. The van der Waals surface area contributed by atoms with Gasteiger partial charge in [0.25, 0.3) is 0 Å². The van der Waals surface area contributed by atoms with Crippen LogP contribution >= 0.6 is 0 Å². The van der Waals surface area contributed by atoms with Gasteiger partial charge in [-0.05, 0) is 41.5 Å². The number of aryl methyl sites for hydroxylation is 1. The molecule has 0 fully saturated rings. The van der Waals surface area contributed by atoms with Gasteiger partial charge in [0.1, 0.15) is 0 Å². The van der Waals surface area contributed by atoms with Crippen molar-refractivity contribution < 1.29 is 0 Å². The lowest BCUT2D eigenvalue weighted by molar-refractivity contribution is 1.05. The largest absolute Gasteiger partial charge is 0.261 e. The highest BCUT2D eigenvalue weighted by Gasteiger charge is 2.02. The fourth-order valence-electron chi connectivity index (χ4n) is 4.67. The molecule has 4 nitrogen and oxygen atoms in total. The number of para-hydroxylation sites is 2. The molecule has 1 aliphatic heterocycles. The van der Waals surface area contributed by atoms with Crippen LogP contribution in [0.15, 0.2) is 187 Å². The quantitative estimate of drug-likeness (QED) is 0.157. The van der Waals surface area contributed by atoms with Crippen LogP contribution in [-0.4, -0.2) is 21.4 Å². The molecular weight excluding hydrogens is 657 g/mol. The minimum absolute atomic E-state index is 1.01. The SMILES string of the molecule is C1=Nc2ccccc2C1.CC.CC.CC.CC.Cc1ccccc1.c1ccc2ccccc2c1.c1ccc2cnncc2c1.c1ccc2ncccc2c1. The Morgan fingerprint density at radius 3 is 1.26 bits per heavy atom. The Balaban J connectivity index is 0.000000323. The van der Waals surface area contributed by atoms with Gasteiger partial charge in [0, 0.05) is 35.0 Å². The van der Waals surface area contributed by atoms with Crippen LogP contribution in [-0.2, 0) is 6.42 Å². The highest BCUT2D eigenvalue weighted by Crippen LogP contribution is 2.22. The summed E-state index contributed by atoms with van der Waals surface area (Å²) in [5.41, 5.74) is 4.86. The topological polar surface area (TPSA) is 51.0 Å². The Morgan fingerprint density at radius 1 is 0.389 bits per heavy atom. The van der Waals surface area contributed by atoms with E-state index >= 15 is 0 Å². The Bertz CT molecular complexity index is 1740. The van der Waals surface area contributed by atoms with E-state index < -0.39 is 0 Å². The Kier molecular flexibility index (Phi) is 26.1. The van der Waals surface area contributed by atoms with Crippen molar-refractivity contribution in [2.24, 2.45) is 4.99 Å². The van der Waals surface area contributed by atoms with Crippen molar-refractivity contribution in [3.8, 4) is 0 Å². The molecule has 6 aromatic carbocycles. The molecule has 0 atom stereocenters. The van der Waals surface area contributed by atoms with Crippen LogP contribution in [0.3, 0.4) is 0 Å². The van der Waals surface area contributed by atoms with Crippen LogP contribution in [0.5, 0.6) is 0 Å². The highest BCUT2D eigenvalue weighted by molar-refractivity contribution is 5.82. The van der Waals surface area contributed by atoms with E-state index in [2.05, 4.69) is 106 Å². The molecule has 0 aliphatic carbocycles. The molecule has 3 heterocycles. The number of aliphatic imine (C=N–C) groups is 1. The first-order valence-electron chi connectivity index (χ1n) is 19.3. The summed E-state index contributed by atoms with van der Waals surface area (Å²) in [6.07, 6.45) is 8.29. The number of pyridine rings is 1. The third-order valence-corrected chi connectivity index (χ3v) is 7.10. The van der Waals surface area contributed by atoms with Gasteiger partial charge in [-0.3, -0.25) is 9.98 Å². The van der Waals surface area contributed by atoms with E-state index in [-0.39, 0.29) is 0 Å². The van der Waals surface area contributed by atoms with Crippen LogP contribution in [0, 0.1) is 6.92 Å². The number of benzene rings is 6. The first-order valence-corrected chi connectivity index (χ1v) is 19.3. The summed E-state index contributed by atoms with van der Waals surface area (Å²) in [4.78, 5) is 8.36. The maximum atomic E-state index is 4.18. The molecule has 280 valence electrons. The van der Waals surface area contributed by atoms with Gasteiger partial charge in [0.2, 0.25) is 0 Å². The van der Waals surface area contributed by atoms with Crippen LogP contribution in [0.2, 0.25) is 0 Å².